The van der Waals surface area contributed by atoms with Crippen LogP contribution in [0, 0.1) is 5.92 Å². The molecule has 1 aromatic rings. The number of aliphatic carboxylic acids is 1. The number of carbonyl (C=O) groups is 1. The molecule has 5 atom stereocenters. The monoisotopic (exact) mass is 430 g/mol. The lowest BCUT2D eigenvalue weighted by Gasteiger charge is -2.21. The molecule has 0 radical (unpaired) electrons. The first kappa shape index (κ1) is 23.6. The van der Waals surface area contributed by atoms with Crippen LogP contribution >= 0.6 is 6.89 Å². The van der Waals surface area contributed by atoms with Crippen LogP contribution in [0.4, 0.5) is 0 Å². The summed E-state index contributed by atoms with van der Waals surface area (Å²) in [6.45, 7) is 4.37. The molecule has 1 unspecified atom stereocenters. The third-order valence-electron chi connectivity index (χ3n) is 5.18. The first-order chi connectivity index (χ1) is 13.5. The highest BCUT2D eigenvalue weighted by molar-refractivity contribution is 7.72. The van der Waals surface area contributed by atoms with E-state index in [0.717, 1.165) is 10.7 Å². The van der Waals surface area contributed by atoms with E-state index in [1.165, 1.54) is 30.9 Å². The summed E-state index contributed by atoms with van der Waals surface area (Å²) in [5.41, 5.74) is -1.14. The second kappa shape index (κ2) is 9.43. The molecule has 1 saturated heterocycles. The Bertz CT molecular complexity index is 887. The van der Waals surface area contributed by atoms with E-state index in [0.29, 0.717) is 6.42 Å². The van der Waals surface area contributed by atoms with Crippen LogP contribution in [0.2, 0.25) is 0 Å². The summed E-state index contributed by atoms with van der Waals surface area (Å²) < 4.78 is 13.6. The minimum Gasteiger partial charge on any atom is -0.481 e. The second-order valence-corrected chi connectivity index (χ2v) is 12.5. The zero-order valence-electron chi connectivity index (χ0n) is 17.4. The van der Waals surface area contributed by atoms with Crippen molar-refractivity contribution < 1.29 is 24.5 Å². The Morgan fingerprint density at radius 3 is 2.62 bits per heavy atom. The molecule has 164 valence electrons. The first-order valence-electron chi connectivity index (χ1n) is 9.54. The van der Waals surface area contributed by atoms with Crippen molar-refractivity contribution in [2.45, 2.75) is 50.8 Å². The van der Waals surface area contributed by atoms with E-state index in [9.17, 15) is 19.5 Å². The fourth-order valence-electron chi connectivity index (χ4n) is 3.29. The highest BCUT2D eigenvalue weighted by Gasteiger charge is 2.45. The summed E-state index contributed by atoms with van der Waals surface area (Å²) >= 11 is 0. The summed E-state index contributed by atoms with van der Waals surface area (Å²) in [5.74, 6) is -1.68. The van der Waals surface area contributed by atoms with Crippen LogP contribution < -0.4 is 11.2 Å². The van der Waals surface area contributed by atoms with Gasteiger partial charge in [0.1, 0.15) is 12.2 Å². The molecule has 0 amide bonds. The van der Waals surface area contributed by atoms with Gasteiger partial charge in [-0.05, 0) is 32.3 Å². The fraction of sp³-hybridized carbons (Fsp3) is 0.684. The molecular weight excluding hydrogens is 399 g/mol. The van der Waals surface area contributed by atoms with Crippen LogP contribution in [0.1, 0.15) is 26.0 Å². The Labute approximate surface area is 169 Å². The standard InChI is InChI=1S/C19H31N2O7P/c1-12(18(24)25)6-9-20-14(22)7-10-21(19(20)26)17-16(27-2)15(23)13(28-17)8-11-29(3,4)5/h7,10,12-13,15-17,23H,3,6,8-9,11H2,1-2,4-5H3,(H,24,25)/t12?,13-,15-,16-,17-/m1/s1. The predicted octanol–water partition coefficient (Wildman–Crippen LogP) is 0.493. The lowest BCUT2D eigenvalue weighted by molar-refractivity contribution is -0.141. The van der Waals surface area contributed by atoms with Crippen LogP contribution in [0.15, 0.2) is 21.9 Å². The number of carboxylic acid groups (broad SMARTS) is 1. The summed E-state index contributed by atoms with van der Waals surface area (Å²) in [7, 11) is 1.43. The number of hydrogen-bond acceptors (Lipinski definition) is 6. The molecule has 0 spiro atoms. The second-order valence-electron chi connectivity index (χ2n) is 8.23. The van der Waals surface area contributed by atoms with Gasteiger partial charge in [0.25, 0.3) is 5.56 Å². The zero-order valence-corrected chi connectivity index (χ0v) is 18.2. The maximum Gasteiger partial charge on any atom is 0.333 e. The number of carboxylic acids is 1. The molecule has 0 bridgehead atoms. The maximum atomic E-state index is 12.9. The molecule has 0 aliphatic carbocycles. The molecule has 0 aromatic carbocycles. The van der Waals surface area contributed by atoms with Gasteiger partial charge in [0, 0.05) is 25.9 Å². The predicted molar refractivity (Wildman–Crippen MR) is 112 cm³/mol. The van der Waals surface area contributed by atoms with Gasteiger partial charge in [0.05, 0.1) is 12.0 Å². The Balaban J connectivity index is 2.29. The van der Waals surface area contributed by atoms with Crippen molar-refractivity contribution in [1.29, 1.82) is 0 Å². The minimum absolute atomic E-state index is 0.0253. The van der Waals surface area contributed by atoms with Crippen LogP contribution in [0.5, 0.6) is 0 Å². The van der Waals surface area contributed by atoms with Crippen LogP contribution in [-0.2, 0) is 20.8 Å². The SMILES string of the molecule is C=P(C)(C)CC[C@H]1O[C@@H](n2ccc(=O)n(CCC(C)C(=O)O)c2=O)[C@H](OC)[C@@H]1O. The molecule has 9 nitrogen and oxygen atoms in total. The number of aromatic nitrogens is 2. The summed E-state index contributed by atoms with van der Waals surface area (Å²) in [6.07, 6.45) is 3.95. The Morgan fingerprint density at radius 1 is 1.41 bits per heavy atom. The van der Waals surface area contributed by atoms with Gasteiger partial charge < -0.3 is 19.7 Å². The lowest BCUT2D eigenvalue weighted by Crippen LogP contribution is -2.43. The largest absolute Gasteiger partial charge is 0.481 e. The van der Waals surface area contributed by atoms with Crippen molar-refractivity contribution in [3.63, 3.8) is 0 Å². The van der Waals surface area contributed by atoms with Crippen molar-refractivity contribution in [3.8, 4) is 0 Å². The van der Waals surface area contributed by atoms with Crippen molar-refractivity contribution >= 4 is 19.2 Å². The number of rotatable bonds is 9. The molecule has 2 heterocycles. The van der Waals surface area contributed by atoms with E-state index in [1.807, 2.05) is 0 Å². The molecule has 1 fully saturated rings. The molecule has 1 aliphatic heterocycles. The first-order valence-corrected chi connectivity index (χ1v) is 12.6. The molecule has 2 N–H and O–H groups in total. The van der Waals surface area contributed by atoms with E-state index < -0.39 is 54.6 Å². The molecule has 29 heavy (non-hydrogen) atoms. The number of ether oxygens (including phenoxy) is 2. The molecule has 10 heteroatoms. The molecule has 0 saturated carbocycles. The number of nitrogens with zero attached hydrogens (tertiary/aromatic N) is 2. The average Bonchev–Trinajstić information content (AvgIpc) is 2.94. The van der Waals surface area contributed by atoms with Gasteiger partial charge >= 0.3 is 11.7 Å². The molecule has 2 rings (SSSR count). The smallest absolute Gasteiger partial charge is 0.333 e. The van der Waals surface area contributed by atoms with Crippen molar-refractivity contribution in [2.75, 3.05) is 26.6 Å². The summed E-state index contributed by atoms with van der Waals surface area (Å²) in [6, 6.07) is 1.23. The van der Waals surface area contributed by atoms with Gasteiger partial charge in [-0.2, -0.15) is 0 Å². The average molecular weight is 430 g/mol. The quantitative estimate of drug-likeness (QED) is 0.547. The summed E-state index contributed by atoms with van der Waals surface area (Å²) in [4.78, 5) is 36.1. The van der Waals surface area contributed by atoms with Crippen molar-refractivity contribution in [2.24, 2.45) is 5.92 Å². The maximum absolute atomic E-state index is 12.9. The molecule has 1 aromatic heterocycles. The van der Waals surface area contributed by atoms with Gasteiger partial charge in [0.15, 0.2) is 6.23 Å². The number of aliphatic hydroxyl groups is 1. The number of hydrogen-bond donors (Lipinski definition) is 2. The van der Waals surface area contributed by atoms with Crippen LogP contribution in [0.25, 0.3) is 0 Å². The Hall–Kier alpha value is -1.67. The molecular formula is C19H31N2O7P. The lowest BCUT2D eigenvalue weighted by atomic mass is 10.1. The Morgan fingerprint density at radius 2 is 2.07 bits per heavy atom. The highest BCUT2D eigenvalue weighted by Crippen LogP contribution is 2.39. The third kappa shape index (κ3) is 5.69. The number of methoxy groups -OCH3 is 1. The van der Waals surface area contributed by atoms with Gasteiger partial charge in [-0.15, -0.1) is 13.2 Å². The van der Waals surface area contributed by atoms with Gasteiger partial charge in [0.2, 0.25) is 0 Å². The van der Waals surface area contributed by atoms with Gasteiger partial charge in [-0.25, -0.2) is 4.79 Å². The van der Waals surface area contributed by atoms with E-state index >= 15 is 0 Å². The van der Waals surface area contributed by atoms with Gasteiger partial charge in [-0.3, -0.25) is 18.7 Å². The third-order valence-corrected chi connectivity index (χ3v) is 6.65. The minimum atomic E-state index is -1.31. The van der Waals surface area contributed by atoms with E-state index in [1.54, 1.807) is 0 Å². The summed E-state index contributed by atoms with van der Waals surface area (Å²) in [5, 5.41) is 19.6. The van der Waals surface area contributed by atoms with Crippen LogP contribution in [-0.4, -0.2) is 76.5 Å². The van der Waals surface area contributed by atoms with Crippen molar-refractivity contribution in [1.82, 2.24) is 9.13 Å². The van der Waals surface area contributed by atoms with Crippen LogP contribution in [0.3, 0.4) is 0 Å². The van der Waals surface area contributed by atoms with Crippen molar-refractivity contribution in [3.05, 3.63) is 33.1 Å². The van der Waals surface area contributed by atoms with E-state index in [4.69, 9.17) is 14.6 Å². The van der Waals surface area contributed by atoms with E-state index in [2.05, 4.69) is 19.6 Å². The normalized spacial score (nSPS) is 25.8. The van der Waals surface area contributed by atoms with E-state index in [-0.39, 0.29) is 13.0 Å². The Kier molecular flexibility index (Phi) is 7.67. The zero-order chi connectivity index (χ0) is 21.9. The topological polar surface area (TPSA) is 120 Å². The number of aliphatic hydroxyl groups excluding tert-OH is 1. The highest BCUT2D eigenvalue weighted by atomic mass is 31.2. The van der Waals surface area contributed by atoms with Gasteiger partial charge in [-0.1, -0.05) is 6.92 Å². The molecule has 1 aliphatic rings. The fourth-order valence-corrected chi connectivity index (χ4v) is 4.24.